The summed E-state index contributed by atoms with van der Waals surface area (Å²) in [5, 5.41) is 1.56. The second-order valence-corrected chi connectivity index (χ2v) is 11.9. The van der Waals surface area contributed by atoms with Crippen molar-refractivity contribution in [2.45, 2.75) is 31.7 Å². The number of fused-ring (bicyclic) bond motifs is 1. The number of hydrogen-bond acceptors (Lipinski definition) is 6. The summed E-state index contributed by atoms with van der Waals surface area (Å²) in [5.74, 6) is -0.394. The number of benzene rings is 2. The van der Waals surface area contributed by atoms with E-state index in [1.807, 2.05) is 45.0 Å². The van der Waals surface area contributed by atoms with Crippen LogP contribution in [0.2, 0.25) is 5.02 Å². The Balaban J connectivity index is 1.46. The minimum Gasteiger partial charge on any atom is -0.368 e. The summed E-state index contributed by atoms with van der Waals surface area (Å²) in [5.41, 5.74) is 1.83. The van der Waals surface area contributed by atoms with Crippen molar-refractivity contribution in [3.05, 3.63) is 52.5 Å². The van der Waals surface area contributed by atoms with E-state index in [2.05, 4.69) is 14.6 Å². The first kappa shape index (κ1) is 23.9. The van der Waals surface area contributed by atoms with Crippen molar-refractivity contribution in [2.24, 2.45) is 5.92 Å². The third-order valence-corrected chi connectivity index (χ3v) is 8.40. The van der Waals surface area contributed by atoms with Crippen LogP contribution in [-0.2, 0) is 14.8 Å². The monoisotopic (exact) mass is 506 g/mol. The Morgan fingerprint density at radius 3 is 2.39 bits per heavy atom. The number of sulfonamides is 1. The number of nitrogens with one attached hydrogen (secondary N) is 1. The number of aromatic nitrogens is 1. The van der Waals surface area contributed by atoms with E-state index in [0.29, 0.717) is 31.2 Å². The number of carbonyl (C=O) groups excluding carboxylic acids is 1. The maximum atomic E-state index is 13.3. The van der Waals surface area contributed by atoms with Crippen LogP contribution in [-0.4, -0.2) is 56.4 Å². The van der Waals surface area contributed by atoms with Crippen molar-refractivity contribution >= 4 is 54.8 Å². The van der Waals surface area contributed by atoms with Crippen LogP contribution in [0.5, 0.6) is 0 Å². The molecule has 1 aromatic heterocycles. The van der Waals surface area contributed by atoms with Crippen LogP contribution in [0.25, 0.3) is 10.2 Å². The summed E-state index contributed by atoms with van der Waals surface area (Å²) in [7, 11) is -3.87. The summed E-state index contributed by atoms with van der Waals surface area (Å²) < 4.78 is 29.7. The lowest BCUT2D eigenvalue weighted by Crippen LogP contribution is -2.56. The predicted molar refractivity (Wildman–Crippen MR) is 134 cm³/mol. The molecule has 0 aliphatic carbocycles. The molecule has 7 nitrogen and oxygen atoms in total. The van der Waals surface area contributed by atoms with Crippen molar-refractivity contribution < 1.29 is 13.2 Å². The second-order valence-electron chi connectivity index (χ2n) is 8.49. The van der Waals surface area contributed by atoms with Gasteiger partial charge in [0, 0.05) is 36.9 Å². The molecule has 1 N–H and O–H groups in total. The zero-order chi connectivity index (χ0) is 23.8. The molecule has 2 heterocycles. The van der Waals surface area contributed by atoms with Crippen molar-refractivity contribution in [1.82, 2.24) is 14.6 Å². The molecule has 2 aromatic carbocycles. The number of thiazole rings is 1. The number of hydrogen-bond donors (Lipinski definition) is 1. The normalized spacial score (nSPS) is 15.9. The number of halogens is 1. The van der Waals surface area contributed by atoms with E-state index < -0.39 is 16.1 Å². The van der Waals surface area contributed by atoms with Gasteiger partial charge in [0.15, 0.2) is 0 Å². The average molecular weight is 507 g/mol. The molecule has 1 aliphatic heterocycles. The molecule has 1 fully saturated rings. The van der Waals surface area contributed by atoms with E-state index in [0.717, 1.165) is 20.9 Å². The Kier molecular flexibility index (Phi) is 6.95. The molecule has 3 aromatic rings. The van der Waals surface area contributed by atoms with Crippen molar-refractivity contribution in [3.63, 3.8) is 0 Å². The molecular formula is C23H27ClN4O3S2. The van der Waals surface area contributed by atoms with Crippen molar-refractivity contribution in [1.29, 1.82) is 0 Å². The van der Waals surface area contributed by atoms with Gasteiger partial charge in [-0.25, -0.2) is 13.4 Å². The Morgan fingerprint density at radius 2 is 1.76 bits per heavy atom. The minimum atomic E-state index is -3.87. The fourth-order valence-electron chi connectivity index (χ4n) is 3.93. The zero-order valence-electron chi connectivity index (χ0n) is 18.8. The summed E-state index contributed by atoms with van der Waals surface area (Å²) in [4.78, 5) is 21.8. The Hall–Kier alpha value is -2.20. The van der Waals surface area contributed by atoms with Crippen LogP contribution >= 0.6 is 22.9 Å². The first-order valence-electron chi connectivity index (χ1n) is 10.8. The Labute approximate surface area is 203 Å². The van der Waals surface area contributed by atoms with Crippen LogP contribution in [0, 0.1) is 12.8 Å². The van der Waals surface area contributed by atoms with E-state index in [9.17, 15) is 13.2 Å². The van der Waals surface area contributed by atoms with E-state index in [1.54, 1.807) is 17.0 Å². The lowest BCUT2D eigenvalue weighted by molar-refractivity contribution is -0.134. The molecule has 1 amide bonds. The highest BCUT2D eigenvalue weighted by Crippen LogP contribution is 2.25. The van der Waals surface area contributed by atoms with Crippen LogP contribution in [0.3, 0.4) is 0 Å². The quantitative estimate of drug-likeness (QED) is 0.548. The molecule has 1 saturated heterocycles. The maximum Gasteiger partial charge on any atom is 0.241 e. The lowest BCUT2D eigenvalue weighted by atomic mass is 10.0. The van der Waals surface area contributed by atoms with Gasteiger partial charge < -0.3 is 9.80 Å². The number of nitrogens with zero attached hydrogens (tertiary/aromatic N) is 3. The number of amides is 1. The molecule has 1 aliphatic rings. The molecule has 4 rings (SSSR count). The topological polar surface area (TPSA) is 82.6 Å². The van der Waals surface area contributed by atoms with Gasteiger partial charge >= 0.3 is 0 Å². The molecule has 0 bridgehead atoms. The fraction of sp³-hybridized carbons (Fsp3) is 0.391. The first-order valence-corrected chi connectivity index (χ1v) is 13.5. The largest absolute Gasteiger partial charge is 0.368 e. The third kappa shape index (κ3) is 5.32. The minimum absolute atomic E-state index is 0.143. The molecular weight excluding hydrogens is 480 g/mol. The van der Waals surface area contributed by atoms with Crippen LogP contribution in [0.15, 0.2) is 47.4 Å². The van der Waals surface area contributed by atoms with E-state index in [4.69, 9.17) is 11.6 Å². The molecule has 0 spiro atoms. The second kappa shape index (κ2) is 9.58. The number of carbonyl (C=O) groups is 1. The Bertz CT molecular complexity index is 1250. The Morgan fingerprint density at radius 1 is 1.09 bits per heavy atom. The van der Waals surface area contributed by atoms with Gasteiger partial charge in [-0.2, -0.15) is 4.72 Å². The highest BCUT2D eigenvalue weighted by molar-refractivity contribution is 7.89. The highest BCUT2D eigenvalue weighted by atomic mass is 35.5. The van der Waals surface area contributed by atoms with Gasteiger partial charge in [0.2, 0.25) is 15.9 Å². The zero-order valence-corrected chi connectivity index (χ0v) is 21.2. The number of rotatable bonds is 6. The van der Waals surface area contributed by atoms with Gasteiger partial charge in [-0.1, -0.05) is 25.4 Å². The summed E-state index contributed by atoms with van der Waals surface area (Å²) in [6.45, 7) is 7.99. The van der Waals surface area contributed by atoms with Crippen molar-refractivity contribution in [3.8, 4) is 0 Å². The van der Waals surface area contributed by atoms with Gasteiger partial charge in [0.25, 0.3) is 0 Å². The standard InChI is InChI=1S/C23H27ClN4O3S2/c1-15(2)22(26-33(30,31)19-8-9-20-21(14-19)32-16(3)25-20)23(29)28-12-10-27(11-13-28)18-6-4-17(24)5-7-18/h4-9,14-15,22,26H,10-13H2,1-3H3. The smallest absolute Gasteiger partial charge is 0.241 e. The lowest BCUT2D eigenvalue weighted by Gasteiger charge is -2.38. The number of piperazine rings is 1. The molecule has 176 valence electrons. The summed E-state index contributed by atoms with van der Waals surface area (Å²) >= 11 is 7.42. The van der Waals surface area contributed by atoms with E-state index in [-0.39, 0.29) is 16.7 Å². The van der Waals surface area contributed by atoms with Gasteiger partial charge in [0.05, 0.1) is 20.1 Å². The molecule has 1 unspecified atom stereocenters. The first-order chi connectivity index (χ1) is 15.6. The fourth-order valence-corrected chi connectivity index (χ4v) is 6.36. The predicted octanol–water partition coefficient (Wildman–Crippen LogP) is 3.91. The number of anilines is 1. The van der Waals surface area contributed by atoms with Crippen LogP contribution in [0.1, 0.15) is 18.9 Å². The molecule has 0 saturated carbocycles. The highest BCUT2D eigenvalue weighted by Gasteiger charge is 2.33. The van der Waals surface area contributed by atoms with Gasteiger partial charge in [0.1, 0.15) is 6.04 Å². The SMILES string of the molecule is Cc1nc2ccc(S(=O)(=O)NC(C(=O)N3CCN(c4ccc(Cl)cc4)CC3)C(C)C)cc2s1. The molecule has 33 heavy (non-hydrogen) atoms. The van der Waals surface area contributed by atoms with Gasteiger partial charge in [-0.15, -0.1) is 11.3 Å². The summed E-state index contributed by atoms with van der Waals surface area (Å²) in [6, 6.07) is 11.7. The average Bonchev–Trinajstić information content (AvgIpc) is 3.17. The van der Waals surface area contributed by atoms with E-state index in [1.165, 1.54) is 17.4 Å². The molecule has 0 radical (unpaired) electrons. The third-order valence-electron chi connectivity index (χ3n) is 5.78. The maximum absolute atomic E-state index is 13.3. The van der Waals surface area contributed by atoms with Crippen LogP contribution in [0.4, 0.5) is 5.69 Å². The molecule has 1 atom stereocenters. The van der Waals surface area contributed by atoms with Gasteiger partial charge in [-0.3, -0.25) is 4.79 Å². The number of aryl methyl sites for hydroxylation is 1. The van der Waals surface area contributed by atoms with E-state index >= 15 is 0 Å². The van der Waals surface area contributed by atoms with Gasteiger partial charge in [-0.05, 0) is 55.3 Å². The molecule has 10 heteroatoms. The summed E-state index contributed by atoms with van der Waals surface area (Å²) in [6.07, 6.45) is 0. The van der Waals surface area contributed by atoms with Crippen LogP contribution < -0.4 is 9.62 Å². The van der Waals surface area contributed by atoms with Crippen molar-refractivity contribution in [2.75, 3.05) is 31.1 Å².